The molecule has 3 fully saturated rings. The molecule has 3 saturated heterocycles. The Morgan fingerprint density at radius 1 is 1.09 bits per heavy atom. The van der Waals surface area contributed by atoms with Crippen molar-refractivity contribution in [1.82, 2.24) is 20.0 Å². The Hall–Kier alpha value is -1.70. The van der Waals surface area contributed by atoms with Gasteiger partial charge in [0.25, 0.3) is 0 Å². The Labute approximate surface area is 212 Å². The van der Waals surface area contributed by atoms with E-state index in [-0.39, 0.29) is 17.4 Å². The van der Waals surface area contributed by atoms with Gasteiger partial charge in [-0.3, -0.25) is 9.80 Å². The normalized spacial score (nSPS) is 24.4. The van der Waals surface area contributed by atoms with Crippen LogP contribution in [0, 0.1) is 11.7 Å². The summed E-state index contributed by atoms with van der Waals surface area (Å²) in [6, 6.07) is 8.55. The summed E-state index contributed by atoms with van der Waals surface area (Å²) >= 11 is 0. The number of carbonyl (C=O) groups excluding carboxylic acids is 1. The van der Waals surface area contributed by atoms with Gasteiger partial charge in [0.15, 0.2) is 0 Å². The predicted octanol–water partition coefficient (Wildman–Crippen LogP) is 4.61. The summed E-state index contributed by atoms with van der Waals surface area (Å²) in [7, 11) is 0. The lowest BCUT2D eigenvalue weighted by atomic mass is 9.86. The molecule has 0 aromatic heterocycles. The minimum absolute atomic E-state index is 0.158. The lowest BCUT2D eigenvalue weighted by Crippen LogP contribution is -2.62. The van der Waals surface area contributed by atoms with Gasteiger partial charge in [-0.15, -0.1) is 0 Å². The molecule has 0 radical (unpaired) electrons. The quantitative estimate of drug-likeness (QED) is 0.671. The van der Waals surface area contributed by atoms with Gasteiger partial charge in [-0.05, 0) is 91.4 Å². The van der Waals surface area contributed by atoms with Gasteiger partial charge in [-0.2, -0.15) is 0 Å². The molecule has 0 unspecified atom stereocenters. The molecule has 198 valence electrons. The molecule has 3 aliphatic rings. The van der Waals surface area contributed by atoms with Crippen LogP contribution >= 0.6 is 0 Å². The highest BCUT2D eigenvalue weighted by Gasteiger charge is 2.40. The molecule has 0 aliphatic carbocycles. The second-order valence-electron chi connectivity index (χ2n) is 11.7. The number of hydrogen-bond acceptors (Lipinski definition) is 5. The van der Waals surface area contributed by atoms with Gasteiger partial charge in [0.1, 0.15) is 11.4 Å². The van der Waals surface area contributed by atoms with Crippen molar-refractivity contribution < 1.29 is 13.9 Å². The zero-order valence-corrected chi connectivity index (χ0v) is 22.6. The Bertz CT molecular complexity index is 771. The van der Waals surface area contributed by atoms with Crippen LogP contribution in [0.1, 0.15) is 60.3 Å². The first-order valence-corrected chi connectivity index (χ1v) is 13.4. The molecule has 1 atom stereocenters. The number of piperazine rings is 1. The Balaban J connectivity index is 0.000000420. The SMILES string of the molecule is C[C@H]1CN(C2(C)CCN(C(=O)OC(C)(C)C)CC2)CCN1CC1CCNCC1.Fc1ccccc1. The summed E-state index contributed by atoms with van der Waals surface area (Å²) in [5.74, 6) is 0.686. The van der Waals surface area contributed by atoms with E-state index in [0.717, 1.165) is 44.9 Å². The van der Waals surface area contributed by atoms with Crippen LogP contribution in [0.2, 0.25) is 0 Å². The largest absolute Gasteiger partial charge is 0.444 e. The van der Waals surface area contributed by atoms with E-state index in [4.69, 9.17) is 4.74 Å². The van der Waals surface area contributed by atoms with E-state index in [9.17, 15) is 9.18 Å². The lowest BCUT2D eigenvalue weighted by Gasteiger charge is -2.52. The molecule has 7 heteroatoms. The molecule has 35 heavy (non-hydrogen) atoms. The molecule has 1 aromatic rings. The molecule has 4 rings (SSSR count). The third-order valence-corrected chi connectivity index (χ3v) is 7.71. The summed E-state index contributed by atoms with van der Waals surface area (Å²) in [4.78, 5) is 19.7. The molecule has 1 amide bonds. The smallest absolute Gasteiger partial charge is 0.410 e. The van der Waals surface area contributed by atoms with Gasteiger partial charge in [-0.1, -0.05) is 18.2 Å². The number of halogens is 1. The van der Waals surface area contributed by atoms with Crippen molar-refractivity contribution in [3.05, 3.63) is 36.1 Å². The van der Waals surface area contributed by atoms with Gasteiger partial charge < -0.3 is 15.0 Å². The second-order valence-corrected chi connectivity index (χ2v) is 11.7. The Morgan fingerprint density at radius 2 is 1.71 bits per heavy atom. The van der Waals surface area contributed by atoms with Crippen LogP contribution in [0.15, 0.2) is 30.3 Å². The average Bonchev–Trinajstić information content (AvgIpc) is 2.81. The van der Waals surface area contributed by atoms with Crippen molar-refractivity contribution in [3.8, 4) is 0 Å². The number of nitrogens with zero attached hydrogens (tertiary/aromatic N) is 3. The van der Waals surface area contributed by atoms with Crippen molar-refractivity contribution in [1.29, 1.82) is 0 Å². The van der Waals surface area contributed by atoms with Crippen LogP contribution in [0.4, 0.5) is 9.18 Å². The first kappa shape index (κ1) is 27.9. The van der Waals surface area contributed by atoms with Gasteiger partial charge in [-0.25, -0.2) is 9.18 Å². The van der Waals surface area contributed by atoms with Gasteiger partial charge in [0.05, 0.1) is 0 Å². The minimum Gasteiger partial charge on any atom is -0.444 e. The molecule has 0 spiro atoms. The molecule has 1 aromatic carbocycles. The van der Waals surface area contributed by atoms with Gasteiger partial charge >= 0.3 is 6.09 Å². The molecular formula is C28H47FN4O2. The highest BCUT2D eigenvalue weighted by atomic mass is 19.1. The maximum atomic E-state index is 12.4. The molecular weight excluding hydrogens is 443 g/mol. The number of likely N-dealkylation sites (tertiary alicyclic amines) is 1. The molecule has 1 N–H and O–H groups in total. The maximum Gasteiger partial charge on any atom is 0.410 e. The minimum atomic E-state index is -0.419. The van der Waals surface area contributed by atoms with E-state index in [0.29, 0.717) is 6.04 Å². The first-order valence-electron chi connectivity index (χ1n) is 13.4. The predicted molar refractivity (Wildman–Crippen MR) is 140 cm³/mol. The number of hydrogen-bond donors (Lipinski definition) is 1. The summed E-state index contributed by atoms with van der Waals surface area (Å²) in [6.45, 7) is 19.3. The van der Waals surface area contributed by atoms with Crippen molar-refractivity contribution in [2.75, 3.05) is 52.4 Å². The standard InChI is InChI=1S/C22H42N4O2.C6H5F/c1-18-16-26(15-14-25(18)17-19-6-10-23-11-7-19)22(5)8-12-24(13-9-22)20(27)28-21(2,3)4;7-6-4-2-1-3-5-6/h18-19,23H,6-17H2,1-5H3;1-5H/t18-;/m0./s1. The summed E-state index contributed by atoms with van der Waals surface area (Å²) < 4.78 is 17.5. The first-order chi connectivity index (χ1) is 16.6. The van der Waals surface area contributed by atoms with Crippen molar-refractivity contribution in [3.63, 3.8) is 0 Å². The lowest BCUT2D eigenvalue weighted by molar-refractivity contribution is -0.0311. The third kappa shape index (κ3) is 8.72. The van der Waals surface area contributed by atoms with Crippen molar-refractivity contribution in [2.45, 2.75) is 77.5 Å². The second kappa shape index (κ2) is 12.5. The van der Waals surface area contributed by atoms with E-state index >= 15 is 0 Å². The highest BCUT2D eigenvalue weighted by Crippen LogP contribution is 2.31. The Morgan fingerprint density at radius 3 is 2.23 bits per heavy atom. The fraction of sp³-hybridized carbons (Fsp3) is 0.750. The van der Waals surface area contributed by atoms with E-state index in [1.54, 1.807) is 18.2 Å². The Kier molecular flexibility index (Phi) is 9.96. The number of rotatable bonds is 3. The average molecular weight is 491 g/mol. The zero-order valence-electron chi connectivity index (χ0n) is 22.6. The van der Waals surface area contributed by atoms with Crippen LogP contribution in [-0.2, 0) is 4.74 Å². The van der Waals surface area contributed by atoms with Crippen LogP contribution in [0.3, 0.4) is 0 Å². The van der Waals surface area contributed by atoms with Gasteiger partial charge in [0, 0.05) is 50.8 Å². The van der Waals surface area contributed by atoms with Crippen molar-refractivity contribution >= 4 is 6.09 Å². The van der Waals surface area contributed by atoms with Crippen LogP contribution < -0.4 is 5.32 Å². The van der Waals surface area contributed by atoms with E-state index in [1.807, 2.05) is 25.7 Å². The fourth-order valence-electron chi connectivity index (χ4n) is 5.38. The van der Waals surface area contributed by atoms with Crippen LogP contribution in [-0.4, -0.2) is 90.3 Å². The van der Waals surface area contributed by atoms with E-state index in [2.05, 4.69) is 29.0 Å². The van der Waals surface area contributed by atoms with Crippen LogP contribution in [0.5, 0.6) is 0 Å². The number of nitrogens with one attached hydrogen (secondary N) is 1. The number of ether oxygens (including phenoxy) is 1. The maximum absolute atomic E-state index is 12.4. The molecule has 3 heterocycles. The molecule has 0 saturated carbocycles. The van der Waals surface area contributed by atoms with Gasteiger partial charge in [0.2, 0.25) is 0 Å². The topological polar surface area (TPSA) is 48.1 Å². The number of benzene rings is 1. The third-order valence-electron chi connectivity index (χ3n) is 7.71. The highest BCUT2D eigenvalue weighted by molar-refractivity contribution is 5.68. The summed E-state index contributed by atoms with van der Waals surface area (Å²) in [5, 5.41) is 3.48. The van der Waals surface area contributed by atoms with Crippen LogP contribution in [0.25, 0.3) is 0 Å². The fourth-order valence-corrected chi connectivity index (χ4v) is 5.38. The molecule has 6 nitrogen and oxygen atoms in total. The zero-order chi connectivity index (χ0) is 25.5. The molecule has 0 bridgehead atoms. The monoisotopic (exact) mass is 490 g/mol. The molecule has 3 aliphatic heterocycles. The number of carbonyl (C=O) groups is 1. The number of amides is 1. The van der Waals surface area contributed by atoms with E-state index < -0.39 is 5.60 Å². The summed E-state index contributed by atoms with van der Waals surface area (Å²) in [5.41, 5.74) is -0.217. The number of piperidine rings is 2. The van der Waals surface area contributed by atoms with Crippen molar-refractivity contribution in [2.24, 2.45) is 5.92 Å². The summed E-state index contributed by atoms with van der Waals surface area (Å²) in [6.07, 6.45) is 4.56. The van der Waals surface area contributed by atoms with E-state index in [1.165, 1.54) is 51.2 Å².